The Labute approximate surface area is 89.8 Å². The lowest BCUT2D eigenvalue weighted by atomic mass is 10.1. The minimum absolute atomic E-state index is 0.426. The van der Waals surface area contributed by atoms with Gasteiger partial charge in [-0.15, -0.1) is 11.8 Å². The predicted molar refractivity (Wildman–Crippen MR) is 63.5 cm³/mol. The van der Waals surface area contributed by atoms with Gasteiger partial charge in [-0.2, -0.15) is 11.8 Å². The quantitative estimate of drug-likeness (QED) is 0.670. The smallest absolute Gasteiger partial charge is 0.0762 e. The molecule has 1 spiro atoms. The lowest BCUT2D eigenvalue weighted by Crippen LogP contribution is -2.55. The Morgan fingerprint density at radius 2 is 2.23 bits per heavy atom. The molecule has 2 fully saturated rings. The molecule has 0 saturated carbocycles. The third-order valence-electron chi connectivity index (χ3n) is 3.09. The van der Waals surface area contributed by atoms with Crippen LogP contribution in [0.5, 0.6) is 0 Å². The Hall–Kier alpha value is 0.660. The summed E-state index contributed by atoms with van der Waals surface area (Å²) in [5.41, 5.74) is 0. The van der Waals surface area contributed by atoms with Crippen molar-refractivity contribution in [2.24, 2.45) is 5.92 Å². The number of rotatable bonds is 0. The number of nitrogens with one attached hydrogen (secondary N) is 1. The van der Waals surface area contributed by atoms with Gasteiger partial charge in [-0.05, 0) is 36.8 Å². The molecule has 3 unspecified atom stereocenters. The molecular weight excluding hydrogens is 198 g/mol. The Morgan fingerprint density at radius 3 is 2.85 bits per heavy atom. The molecule has 2 heterocycles. The molecule has 0 aliphatic carbocycles. The Balaban J connectivity index is 2.01. The van der Waals surface area contributed by atoms with Crippen LogP contribution in [0.2, 0.25) is 0 Å². The van der Waals surface area contributed by atoms with Crippen molar-refractivity contribution in [3.8, 4) is 0 Å². The van der Waals surface area contributed by atoms with Gasteiger partial charge in [0.25, 0.3) is 0 Å². The van der Waals surface area contributed by atoms with E-state index >= 15 is 0 Å². The molecule has 0 aromatic carbocycles. The average molecular weight is 217 g/mol. The van der Waals surface area contributed by atoms with Crippen LogP contribution < -0.4 is 5.32 Å². The largest absolute Gasteiger partial charge is 0.302 e. The van der Waals surface area contributed by atoms with Crippen molar-refractivity contribution in [3.63, 3.8) is 0 Å². The molecule has 0 amide bonds. The molecule has 1 N–H and O–H groups in total. The van der Waals surface area contributed by atoms with Gasteiger partial charge in [0.05, 0.1) is 4.87 Å². The first-order valence-electron chi connectivity index (χ1n) is 5.23. The van der Waals surface area contributed by atoms with Crippen LogP contribution in [0.4, 0.5) is 0 Å². The molecule has 2 rings (SSSR count). The zero-order valence-electron chi connectivity index (χ0n) is 8.51. The highest BCUT2D eigenvalue weighted by atomic mass is 32.2. The maximum absolute atomic E-state index is 3.78. The Bertz CT molecular complexity index is 176. The highest BCUT2D eigenvalue weighted by molar-refractivity contribution is 8.04. The highest BCUT2D eigenvalue weighted by Gasteiger charge is 2.41. The Morgan fingerprint density at radius 1 is 1.38 bits per heavy atom. The predicted octanol–water partition coefficient (Wildman–Crippen LogP) is 2.57. The summed E-state index contributed by atoms with van der Waals surface area (Å²) in [4.78, 5) is 0.426. The molecule has 0 aromatic heterocycles. The van der Waals surface area contributed by atoms with Crippen LogP contribution in [-0.2, 0) is 0 Å². The third kappa shape index (κ3) is 2.02. The molecule has 0 aromatic rings. The van der Waals surface area contributed by atoms with E-state index in [0.29, 0.717) is 4.87 Å². The molecule has 2 aliphatic heterocycles. The maximum Gasteiger partial charge on any atom is 0.0762 e. The molecule has 3 heteroatoms. The first-order valence-corrected chi connectivity index (χ1v) is 7.27. The summed E-state index contributed by atoms with van der Waals surface area (Å²) in [6.07, 6.45) is 2.77. The van der Waals surface area contributed by atoms with Gasteiger partial charge in [-0.1, -0.05) is 13.8 Å². The van der Waals surface area contributed by atoms with E-state index in [4.69, 9.17) is 0 Å². The molecule has 2 aliphatic rings. The van der Waals surface area contributed by atoms with Gasteiger partial charge in [-0.25, -0.2) is 0 Å². The molecule has 76 valence electrons. The summed E-state index contributed by atoms with van der Waals surface area (Å²) < 4.78 is 0. The lowest BCUT2D eigenvalue weighted by Gasteiger charge is -2.46. The second kappa shape index (κ2) is 4.03. The summed E-state index contributed by atoms with van der Waals surface area (Å²) in [6.45, 7) is 5.95. The van der Waals surface area contributed by atoms with E-state index in [1.54, 1.807) is 0 Å². The second-order valence-electron chi connectivity index (χ2n) is 4.30. The van der Waals surface area contributed by atoms with Crippen molar-refractivity contribution in [3.05, 3.63) is 0 Å². The van der Waals surface area contributed by atoms with Gasteiger partial charge in [0, 0.05) is 5.25 Å². The monoisotopic (exact) mass is 217 g/mol. The normalized spacial score (nSPS) is 46.6. The van der Waals surface area contributed by atoms with Gasteiger partial charge >= 0.3 is 0 Å². The fraction of sp³-hybridized carbons (Fsp3) is 1.00. The fourth-order valence-electron chi connectivity index (χ4n) is 2.10. The van der Waals surface area contributed by atoms with Crippen molar-refractivity contribution < 1.29 is 0 Å². The maximum atomic E-state index is 3.78. The fourth-order valence-corrected chi connectivity index (χ4v) is 5.05. The summed E-state index contributed by atoms with van der Waals surface area (Å²) >= 11 is 4.31. The standard InChI is InChI=1S/C10H19NS2/c1-8-6-11-10(13-7-8)4-3-5-12-9(10)2/h8-9,11H,3-7H2,1-2H3. The van der Waals surface area contributed by atoms with Gasteiger partial charge in [-0.3, -0.25) is 0 Å². The van der Waals surface area contributed by atoms with Gasteiger partial charge in [0.2, 0.25) is 0 Å². The first-order chi connectivity index (χ1) is 6.23. The highest BCUT2D eigenvalue weighted by Crippen LogP contribution is 2.44. The molecule has 13 heavy (non-hydrogen) atoms. The van der Waals surface area contributed by atoms with Crippen LogP contribution in [0.1, 0.15) is 26.7 Å². The number of hydrogen-bond acceptors (Lipinski definition) is 3. The number of thioether (sulfide) groups is 2. The van der Waals surface area contributed by atoms with Crippen molar-refractivity contribution in [2.75, 3.05) is 18.1 Å². The van der Waals surface area contributed by atoms with Crippen molar-refractivity contribution in [1.29, 1.82) is 0 Å². The summed E-state index contributed by atoms with van der Waals surface area (Å²) in [5.74, 6) is 3.56. The van der Waals surface area contributed by atoms with Gasteiger partial charge in [0.1, 0.15) is 0 Å². The van der Waals surface area contributed by atoms with Crippen LogP contribution in [0.15, 0.2) is 0 Å². The molecule has 3 atom stereocenters. The van der Waals surface area contributed by atoms with E-state index < -0.39 is 0 Å². The molecule has 2 saturated heterocycles. The summed E-state index contributed by atoms with van der Waals surface area (Å²) in [7, 11) is 0. The van der Waals surface area contributed by atoms with E-state index in [1.165, 1.54) is 30.9 Å². The molecule has 0 radical (unpaired) electrons. The first kappa shape index (κ1) is 10.2. The van der Waals surface area contributed by atoms with E-state index in [1.807, 2.05) is 0 Å². The second-order valence-corrected chi connectivity index (χ2v) is 7.10. The van der Waals surface area contributed by atoms with Gasteiger partial charge in [0.15, 0.2) is 0 Å². The van der Waals surface area contributed by atoms with Crippen LogP contribution >= 0.6 is 23.5 Å². The van der Waals surface area contributed by atoms with Crippen LogP contribution in [0.25, 0.3) is 0 Å². The zero-order chi connectivity index (χ0) is 9.31. The van der Waals surface area contributed by atoms with E-state index in [9.17, 15) is 0 Å². The molecule has 1 nitrogen and oxygen atoms in total. The van der Waals surface area contributed by atoms with Crippen LogP contribution in [0, 0.1) is 5.92 Å². The van der Waals surface area contributed by atoms with Crippen molar-refractivity contribution in [1.82, 2.24) is 5.32 Å². The van der Waals surface area contributed by atoms with E-state index in [0.717, 1.165) is 11.2 Å². The lowest BCUT2D eigenvalue weighted by molar-refractivity contribution is 0.376. The van der Waals surface area contributed by atoms with Crippen molar-refractivity contribution in [2.45, 2.75) is 36.8 Å². The van der Waals surface area contributed by atoms with Crippen molar-refractivity contribution >= 4 is 23.5 Å². The van der Waals surface area contributed by atoms with E-state index in [2.05, 4.69) is 42.7 Å². The number of hydrogen-bond donors (Lipinski definition) is 1. The minimum atomic E-state index is 0.426. The average Bonchev–Trinajstić information content (AvgIpc) is 2.15. The van der Waals surface area contributed by atoms with Crippen LogP contribution in [0.3, 0.4) is 0 Å². The minimum Gasteiger partial charge on any atom is -0.302 e. The SMILES string of the molecule is CC1CNC2(CCCSC2C)SC1. The Kier molecular flexibility index (Phi) is 3.16. The summed E-state index contributed by atoms with van der Waals surface area (Å²) in [6, 6.07) is 0. The van der Waals surface area contributed by atoms with Gasteiger partial charge < -0.3 is 5.32 Å². The molecule has 0 bridgehead atoms. The van der Waals surface area contributed by atoms with Crippen LogP contribution in [-0.4, -0.2) is 28.2 Å². The topological polar surface area (TPSA) is 12.0 Å². The zero-order valence-corrected chi connectivity index (χ0v) is 10.1. The molecular formula is C10H19NS2. The summed E-state index contributed by atoms with van der Waals surface area (Å²) in [5, 5.41) is 4.57. The van der Waals surface area contributed by atoms with E-state index in [-0.39, 0.29) is 0 Å². The third-order valence-corrected chi connectivity index (χ3v) is 6.62.